The van der Waals surface area contributed by atoms with Crippen LogP contribution >= 0.6 is 11.3 Å². The molecular formula is C45H27N3S. The minimum atomic E-state index is -0.782. The Morgan fingerprint density at radius 1 is 0.347 bits per heavy atom. The Labute approximate surface area is 310 Å². The molecule has 228 valence electrons. The number of rotatable bonds is 4. The van der Waals surface area contributed by atoms with Gasteiger partial charge in [-0.2, -0.15) is 0 Å². The molecule has 2 heterocycles. The highest BCUT2D eigenvalue weighted by molar-refractivity contribution is 7.25. The van der Waals surface area contributed by atoms with Crippen molar-refractivity contribution in [2.45, 2.75) is 0 Å². The van der Waals surface area contributed by atoms with E-state index in [2.05, 4.69) is 15.0 Å². The van der Waals surface area contributed by atoms with E-state index in [0.29, 0.717) is 11.1 Å². The van der Waals surface area contributed by atoms with Crippen molar-refractivity contribution in [2.75, 3.05) is 0 Å². The van der Waals surface area contributed by atoms with Gasteiger partial charge in [0.25, 0.3) is 0 Å². The minimum absolute atomic E-state index is 0.0144. The maximum atomic E-state index is 9.68. The van der Waals surface area contributed by atoms with Gasteiger partial charge in [0.2, 0.25) is 0 Å². The van der Waals surface area contributed by atoms with Crippen LogP contribution in [-0.4, -0.2) is 15.0 Å². The molecule has 2 aromatic heterocycles. The van der Waals surface area contributed by atoms with Crippen LogP contribution in [0, 0.1) is 0 Å². The lowest BCUT2D eigenvalue weighted by atomic mass is 9.92. The largest absolute Gasteiger partial charge is 0.208 e. The van der Waals surface area contributed by atoms with Crippen LogP contribution in [0.4, 0.5) is 0 Å². The summed E-state index contributed by atoms with van der Waals surface area (Å²) in [7, 11) is 0. The maximum absolute atomic E-state index is 9.68. The average molecular weight is 659 g/mol. The van der Waals surface area contributed by atoms with Gasteiger partial charge in [-0.1, -0.05) is 139 Å². The Hall–Kier alpha value is -6.23. The summed E-state index contributed by atoms with van der Waals surface area (Å²) in [4.78, 5) is 14.0. The van der Waals surface area contributed by atoms with Crippen molar-refractivity contribution in [3.63, 3.8) is 0 Å². The summed E-state index contributed by atoms with van der Waals surface area (Å²) in [5.41, 5.74) is 0.0459. The highest BCUT2D eigenvalue weighted by atomic mass is 32.1. The number of nitrogens with zero attached hydrogens (tertiary/aromatic N) is 3. The van der Waals surface area contributed by atoms with Gasteiger partial charge in [0.15, 0.2) is 17.5 Å². The molecule has 0 atom stereocenters. The summed E-state index contributed by atoms with van der Waals surface area (Å²) in [6, 6.07) is 7.08. The van der Waals surface area contributed by atoms with Crippen molar-refractivity contribution in [2.24, 2.45) is 0 Å². The van der Waals surface area contributed by atoms with Crippen LogP contribution in [0.2, 0.25) is 0 Å². The van der Waals surface area contributed by atoms with E-state index in [1.165, 1.54) is 0 Å². The molecule has 4 heteroatoms. The molecule has 0 bridgehead atoms. The van der Waals surface area contributed by atoms with Crippen LogP contribution in [-0.2, 0) is 0 Å². The fourth-order valence-corrected chi connectivity index (χ4v) is 6.80. The molecular weight excluding hydrogens is 615 g/mol. The number of aromatic nitrogens is 3. The number of thiophene rings is 1. The van der Waals surface area contributed by atoms with Gasteiger partial charge in [-0.3, -0.25) is 0 Å². The first-order chi connectivity index (χ1) is 31.4. The molecule has 10 rings (SSSR count). The average Bonchev–Trinajstić information content (AvgIpc) is 3.74. The van der Waals surface area contributed by atoms with Crippen molar-refractivity contribution >= 4 is 63.8 Å². The molecule has 0 spiro atoms. The summed E-state index contributed by atoms with van der Waals surface area (Å²) in [6.07, 6.45) is 0. The van der Waals surface area contributed by atoms with Crippen molar-refractivity contribution < 1.29 is 23.3 Å². The molecule has 10 aromatic rings. The molecule has 0 saturated carbocycles. The highest BCUT2D eigenvalue weighted by Gasteiger charge is 2.15. The molecule has 49 heavy (non-hydrogen) atoms. The molecule has 0 aliphatic carbocycles. The van der Waals surface area contributed by atoms with E-state index < -0.39 is 113 Å². The number of hydrogen-bond donors (Lipinski definition) is 0. The van der Waals surface area contributed by atoms with Crippen LogP contribution in [0.3, 0.4) is 0 Å². The molecule has 8 aromatic carbocycles. The van der Waals surface area contributed by atoms with E-state index in [-0.39, 0.29) is 76.2 Å². The van der Waals surface area contributed by atoms with Crippen LogP contribution < -0.4 is 0 Å². The number of benzene rings is 8. The molecule has 0 unspecified atom stereocenters. The topological polar surface area (TPSA) is 38.7 Å². The van der Waals surface area contributed by atoms with Crippen molar-refractivity contribution in [1.29, 1.82) is 0 Å². The Kier molecular flexibility index (Phi) is 3.60. The van der Waals surface area contributed by atoms with Gasteiger partial charge < -0.3 is 0 Å². The summed E-state index contributed by atoms with van der Waals surface area (Å²) in [5, 5.41) is -2.49. The lowest BCUT2D eigenvalue weighted by Gasteiger charge is -2.12. The molecule has 0 amide bonds. The van der Waals surface area contributed by atoms with E-state index in [4.69, 9.17) is 11.0 Å². The van der Waals surface area contributed by atoms with Crippen LogP contribution in [0.25, 0.3) is 97.8 Å². The third kappa shape index (κ3) is 4.68. The highest BCUT2D eigenvalue weighted by Crippen LogP contribution is 2.41. The Morgan fingerprint density at radius 2 is 0.796 bits per heavy atom. The third-order valence-electron chi connectivity index (χ3n) is 8.12. The third-order valence-corrected chi connectivity index (χ3v) is 9.14. The summed E-state index contributed by atoms with van der Waals surface area (Å²) >= 11 is 0.833. The summed E-state index contributed by atoms with van der Waals surface area (Å²) < 4.78 is 154. The quantitative estimate of drug-likeness (QED) is 0.177. The molecule has 0 radical (unpaired) electrons. The van der Waals surface area contributed by atoms with E-state index >= 15 is 0 Å². The predicted octanol–water partition coefficient (Wildman–Crippen LogP) is 12.4. The van der Waals surface area contributed by atoms with Crippen molar-refractivity contribution in [1.82, 2.24) is 15.0 Å². The smallest absolute Gasteiger partial charge is 0.164 e. The van der Waals surface area contributed by atoms with Gasteiger partial charge >= 0.3 is 0 Å². The van der Waals surface area contributed by atoms with Crippen LogP contribution in [0.1, 0.15) is 23.3 Å². The van der Waals surface area contributed by atoms with Crippen LogP contribution in [0.15, 0.2) is 163 Å². The van der Waals surface area contributed by atoms with E-state index in [0.717, 1.165) is 11.3 Å². The summed E-state index contributed by atoms with van der Waals surface area (Å²) in [6.45, 7) is 0. The first-order valence-corrected chi connectivity index (χ1v) is 15.9. The second kappa shape index (κ2) is 11.2. The minimum Gasteiger partial charge on any atom is -0.208 e. The normalized spacial score (nSPS) is 16.5. The SMILES string of the molecule is [2H]c1c(-c2c([2H])c([2H])c3c4c([2H])c([2H])c([2H])c([2H])c4c4c([2H])c([2H])c([2H])c([2H])c4c3c2[2H])c([2H])c2c(sc3c([2H])c(-c4nc(-c5ccccc5)nc(-c5ccccc5)n4)c([2H])c([2H])c32)c1[2H]. The van der Waals surface area contributed by atoms with Gasteiger partial charge in [0, 0.05) is 36.9 Å². The van der Waals surface area contributed by atoms with E-state index in [1.54, 1.807) is 48.5 Å². The lowest BCUT2D eigenvalue weighted by Crippen LogP contribution is -1.99. The standard InChI is InChI=1S/C45H27N3S/c1-3-11-28(12-4-1)43-46-44(29-13-5-2-6-14-29)48-45(47-43)32-20-23-38-40-26-31(21-24-41(40)49-42(38)27-32)30-19-22-37-35-17-8-7-15-33(35)34-16-9-10-18-36(34)39(37)25-30/h1-27H/i7D,8D,9D,10D,15D,16D,17D,18D,19D,20D,21D,22D,23D,24D,25D,26D,27D. The first-order valence-electron chi connectivity index (χ1n) is 23.6. The second-order valence-corrected chi connectivity index (χ2v) is 12.1. The van der Waals surface area contributed by atoms with Gasteiger partial charge in [0.05, 0.1) is 23.3 Å². The summed E-state index contributed by atoms with van der Waals surface area (Å²) in [5.74, 6) is 0.402. The van der Waals surface area contributed by atoms with Gasteiger partial charge in [-0.15, -0.1) is 11.3 Å². The second-order valence-electron chi connectivity index (χ2n) is 11.0. The number of fused-ring (bicyclic) bond motifs is 9. The van der Waals surface area contributed by atoms with Crippen molar-refractivity contribution in [3.8, 4) is 45.3 Å². The Bertz CT molecular complexity index is 3740. The molecule has 0 aliphatic heterocycles. The monoisotopic (exact) mass is 658 g/mol. The molecule has 0 fully saturated rings. The van der Waals surface area contributed by atoms with E-state index in [1.807, 2.05) is 12.1 Å². The van der Waals surface area contributed by atoms with Gasteiger partial charge in [-0.05, 0) is 67.6 Å². The van der Waals surface area contributed by atoms with Crippen molar-refractivity contribution in [3.05, 3.63) is 163 Å². The molecule has 0 saturated heterocycles. The fraction of sp³-hybridized carbons (Fsp3) is 0. The van der Waals surface area contributed by atoms with E-state index in [9.17, 15) is 12.3 Å². The molecule has 3 nitrogen and oxygen atoms in total. The van der Waals surface area contributed by atoms with Gasteiger partial charge in [0.1, 0.15) is 0 Å². The lowest BCUT2D eigenvalue weighted by molar-refractivity contribution is 1.07. The zero-order valence-electron chi connectivity index (χ0n) is 42.0. The van der Waals surface area contributed by atoms with Gasteiger partial charge in [-0.25, -0.2) is 15.0 Å². The molecule has 0 N–H and O–H groups in total. The van der Waals surface area contributed by atoms with Crippen LogP contribution in [0.5, 0.6) is 0 Å². The Morgan fingerprint density at radius 3 is 1.39 bits per heavy atom. The first kappa shape index (κ1) is 15.8. The molecule has 0 aliphatic rings. The maximum Gasteiger partial charge on any atom is 0.164 e. The fourth-order valence-electron chi connectivity index (χ4n) is 5.83. The Balaban J connectivity index is 1.31. The number of hydrogen-bond acceptors (Lipinski definition) is 4. The predicted molar refractivity (Wildman–Crippen MR) is 207 cm³/mol. The zero-order valence-corrected chi connectivity index (χ0v) is 25.8. The zero-order chi connectivity index (χ0) is 47.1.